The number of rotatable bonds is 6. The summed E-state index contributed by atoms with van der Waals surface area (Å²) in [5, 5.41) is 12.6. The first-order valence-electron chi connectivity index (χ1n) is 11.7. The van der Waals surface area contributed by atoms with Gasteiger partial charge in [0, 0.05) is 10.8 Å². The molecule has 0 saturated carbocycles. The second kappa shape index (κ2) is 8.46. The number of hydrogen-bond donors (Lipinski definition) is 1. The Labute approximate surface area is 201 Å². The van der Waals surface area contributed by atoms with Crippen LogP contribution in [0.1, 0.15) is 27.7 Å². The van der Waals surface area contributed by atoms with E-state index in [0.717, 1.165) is 38.5 Å². The van der Waals surface area contributed by atoms with E-state index in [9.17, 15) is 5.11 Å². The van der Waals surface area contributed by atoms with Crippen LogP contribution in [0.25, 0.3) is 44.2 Å². The molecule has 0 fully saturated rings. The van der Waals surface area contributed by atoms with Gasteiger partial charge >= 0.3 is 7.48 Å². The van der Waals surface area contributed by atoms with E-state index >= 15 is 0 Å². The number of furan rings is 1. The zero-order valence-electron chi connectivity index (χ0n) is 20.1. The predicted octanol–water partition coefficient (Wildman–Crippen LogP) is 6.46. The summed E-state index contributed by atoms with van der Waals surface area (Å²) >= 11 is 0. The molecule has 0 atom stereocenters. The minimum absolute atomic E-state index is 0.388. The van der Waals surface area contributed by atoms with E-state index in [1.54, 1.807) is 13.8 Å². The second-order valence-electron chi connectivity index (χ2n) is 9.90. The molecule has 0 amide bonds. The first-order valence-corrected chi connectivity index (χ1v) is 11.7. The van der Waals surface area contributed by atoms with Crippen molar-refractivity contribution < 1.29 is 14.2 Å². The van der Waals surface area contributed by atoms with E-state index in [4.69, 9.17) is 9.07 Å². The van der Waals surface area contributed by atoms with E-state index in [1.165, 1.54) is 11.1 Å². The third kappa shape index (κ3) is 4.15. The summed E-state index contributed by atoms with van der Waals surface area (Å²) in [4.78, 5) is 0. The van der Waals surface area contributed by atoms with Crippen LogP contribution in [0.5, 0.6) is 0 Å². The lowest BCUT2D eigenvalue weighted by Gasteiger charge is -2.37. The van der Waals surface area contributed by atoms with Gasteiger partial charge in [-0.05, 0) is 73.6 Å². The Hall–Kier alpha value is -3.34. The molecule has 0 radical (unpaired) electrons. The van der Waals surface area contributed by atoms with Crippen molar-refractivity contribution in [2.75, 3.05) is 0 Å². The van der Waals surface area contributed by atoms with Crippen molar-refractivity contribution in [2.24, 2.45) is 0 Å². The SMILES string of the molecule is CC(C)(O)C(C)(C)OBc1cccc2oc3ccc(-c4ccc(-c5ccccc5)cc4)cc3c12. The van der Waals surface area contributed by atoms with Gasteiger partial charge in [-0.1, -0.05) is 72.8 Å². The lowest BCUT2D eigenvalue weighted by Crippen LogP contribution is -2.49. The van der Waals surface area contributed by atoms with Gasteiger partial charge < -0.3 is 14.2 Å². The number of fused-ring (bicyclic) bond motifs is 3. The summed E-state index contributed by atoms with van der Waals surface area (Å²) in [5.41, 5.74) is 5.80. The molecule has 1 aromatic heterocycles. The normalized spacial score (nSPS) is 12.4. The molecule has 0 bridgehead atoms. The van der Waals surface area contributed by atoms with Crippen molar-refractivity contribution in [1.29, 1.82) is 0 Å². The van der Waals surface area contributed by atoms with Crippen LogP contribution in [0.15, 0.2) is 95.4 Å². The lowest BCUT2D eigenvalue weighted by atomic mass is 9.80. The van der Waals surface area contributed by atoms with Crippen LogP contribution in [-0.2, 0) is 4.65 Å². The molecule has 0 saturated heterocycles. The first kappa shape index (κ1) is 22.5. The lowest BCUT2D eigenvalue weighted by molar-refractivity contribution is -0.0893. The molecule has 0 aliphatic carbocycles. The van der Waals surface area contributed by atoms with Crippen molar-refractivity contribution in [3.63, 3.8) is 0 Å². The number of benzene rings is 4. The van der Waals surface area contributed by atoms with Crippen molar-refractivity contribution >= 4 is 34.9 Å². The minimum Gasteiger partial charge on any atom is -0.456 e. The fourth-order valence-corrected chi connectivity index (χ4v) is 4.12. The first-order chi connectivity index (χ1) is 16.2. The molecule has 0 aliphatic heterocycles. The van der Waals surface area contributed by atoms with Gasteiger partial charge in [-0.3, -0.25) is 0 Å². The molecule has 3 nitrogen and oxygen atoms in total. The fourth-order valence-electron chi connectivity index (χ4n) is 4.12. The maximum Gasteiger partial charge on any atom is 0.310 e. The van der Waals surface area contributed by atoms with E-state index in [0.29, 0.717) is 7.48 Å². The molecule has 0 unspecified atom stereocenters. The second-order valence-corrected chi connectivity index (χ2v) is 9.90. The van der Waals surface area contributed by atoms with Crippen LogP contribution in [0, 0.1) is 0 Å². The molecular weight excluding hydrogens is 419 g/mol. The molecule has 4 aromatic carbocycles. The predicted molar refractivity (Wildman–Crippen MR) is 143 cm³/mol. The van der Waals surface area contributed by atoms with Crippen LogP contribution in [0.3, 0.4) is 0 Å². The topological polar surface area (TPSA) is 42.6 Å². The van der Waals surface area contributed by atoms with Crippen molar-refractivity contribution in [2.45, 2.75) is 38.9 Å². The standard InChI is InChI=1S/C30H29BO3/c1-29(2,32)30(3,4)34-31-25-11-8-12-27-28(25)24-19-23(17-18-26(24)33-27)22-15-13-21(14-16-22)20-9-6-5-7-10-20/h5-19,31-32H,1-4H3. The maximum absolute atomic E-state index is 10.5. The fraction of sp³-hybridized carbons (Fsp3) is 0.200. The third-order valence-electron chi connectivity index (χ3n) is 6.97. The molecule has 4 heteroatoms. The Balaban J connectivity index is 1.52. The molecule has 1 N–H and O–H groups in total. The van der Waals surface area contributed by atoms with Crippen LogP contribution >= 0.6 is 0 Å². The highest BCUT2D eigenvalue weighted by molar-refractivity contribution is 6.52. The van der Waals surface area contributed by atoms with Crippen LogP contribution in [-0.4, -0.2) is 23.8 Å². The van der Waals surface area contributed by atoms with E-state index < -0.39 is 11.2 Å². The Bertz CT molecular complexity index is 1440. The highest BCUT2D eigenvalue weighted by atomic mass is 16.5. The quantitative estimate of drug-likeness (QED) is 0.303. The Morgan fingerprint density at radius 1 is 0.676 bits per heavy atom. The molecule has 5 rings (SSSR count). The van der Waals surface area contributed by atoms with Crippen molar-refractivity contribution in [1.82, 2.24) is 0 Å². The highest BCUT2D eigenvalue weighted by Crippen LogP contribution is 2.33. The van der Waals surface area contributed by atoms with Crippen LogP contribution in [0.4, 0.5) is 0 Å². The highest BCUT2D eigenvalue weighted by Gasteiger charge is 2.35. The summed E-state index contributed by atoms with van der Waals surface area (Å²) in [5.74, 6) is 0. The Morgan fingerprint density at radius 3 is 1.97 bits per heavy atom. The zero-order valence-corrected chi connectivity index (χ0v) is 20.1. The summed E-state index contributed by atoms with van der Waals surface area (Å²) < 4.78 is 12.3. The summed E-state index contributed by atoms with van der Waals surface area (Å²) in [6.45, 7) is 7.38. The van der Waals surface area contributed by atoms with Gasteiger partial charge in [0.15, 0.2) is 0 Å². The molecule has 170 valence electrons. The summed E-state index contributed by atoms with van der Waals surface area (Å²) in [6, 6.07) is 31.5. The molecule has 1 heterocycles. The monoisotopic (exact) mass is 448 g/mol. The van der Waals surface area contributed by atoms with Gasteiger partial charge in [0.2, 0.25) is 0 Å². The molecule has 5 aromatic rings. The van der Waals surface area contributed by atoms with E-state index in [2.05, 4.69) is 66.7 Å². The smallest absolute Gasteiger partial charge is 0.310 e. The largest absolute Gasteiger partial charge is 0.456 e. The van der Waals surface area contributed by atoms with Gasteiger partial charge in [0.05, 0.1) is 11.2 Å². The average Bonchev–Trinajstić information content (AvgIpc) is 3.21. The number of hydrogen-bond acceptors (Lipinski definition) is 3. The van der Waals surface area contributed by atoms with Crippen LogP contribution < -0.4 is 5.46 Å². The summed E-state index contributed by atoms with van der Waals surface area (Å²) in [7, 11) is 0.388. The van der Waals surface area contributed by atoms with Gasteiger partial charge in [0.1, 0.15) is 11.2 Å². The summed E-state index contributed by atoms with van der Waals surface area (Å²) in [6.07, 6.45) is 0. The Kier molecular flexibility index (Phi) is 5.59. The van der Waals surface area contributed by atoms with Crippen molar-refractivity contribution in [3.8, 4) is 22.3 Å². The third-order valence-corrected chi connectivity index (χ3v) is 6.97. The van der Waals surface area contributed by atoms with E-state index in [1.807, 2.05) is 38.1 Å². The number of aliphatic hydroxyl groups is 1. The Morgan fingerprint density at radius 2 is 1.29 bits per heavy atom. The van der Waals surface area contributed by atoms with Crippen LogP contribution in [0.2, 0.25) is 0 Å². The molecule has 34 heavy (non-hydrogen) atoms. The van der Waals surface area contributed by atoms with Gasteiger partial charge in [0.25, 0.3) is 0 Å². The molecular formula is C30H29BO3. The molecule has 0 aliphatic rings. The van der Waals surface area contributed by atoms with Gasteiger partial charge in [-0.2, -0.15) is 0 Å². The van der Waals surface area contributed by atoms with E-state index in [-0.39, 0.29) is 0 Å². The minimum atomic E-state index is -0.960. The molecule has 0 spiro atoms. The van der Waals surface area contributed by atoms with Crippen molar-refractivity contribution in [3.05, 3.63) is 91.0 Å². The maximum atomic E-state index is 10.5. The van der Waals surface area contributed by atoms with Gasteiger partial charge in [-0.15, -0.1) is 0 Å². The zero-order chi connectivity index (χ0) is 23.9. The van der Waals surface area contributed by atoms with Gasteiger partial charge in [-0.25, -0.2) is 0 Å². The average molecular weight is 448 g/mol.